The molecular weight excluding hydrogens is 288 g/mol. The molecule has 0 saturated carbocycles. The van der Waals surface area contributed by atoms with E-state index in [1.807, 2.05) is 18.2 Å². The number of hydrogen-bond acceptors (Lipinski definition) is 5. The lowest BCUT2D eigenvalue weighted by molar-refractivity contribution is 0.317. The standard InChI is InChI=1S/C17H22N6/c1-13(2)22-8-7-17(19-12-22)21-14(3)15-5-4-6-16(9-15)23-11-18-10-20-23/h4-11,13-14H,12H2,1-3H3,(H,19,21). The first-order valence-electron chi connectivity index (χ1n) is 7.83. The van der Waals surface area contributed by atoms with E-state index in [-0.39, 0.29) is 6.04 Å². The van der Waals surface area contributed by atoms with Crippen LogP contribution in [-0.4, -0.2) is 38.2 Å². The first-order chi connectivity index (χ1) is 11.1. The van der Waals surface area contributed by atoms with Gasteiger partial charge in [-0.1, -0.05) is 12.1 Å². The fourth-order valence-electron chi connectivity index (χ4n) is 2.44. The molecule has 0 amide bonds. The maximum absolute atomic E-state index is 4.59. The van der Waals surface area contributed by atoms with Crippen LogP contribution in [0.25, 0.3) is 5.69 Å². The summed E-state index contributed by atoms with van der Waals surface area (Å²) in [4.78, 5) is 10.8. The molecule has 6 nitrogen and oxygen atoms in total. The quantitative estimate of drug-likeness (QED) is 0.942. The van der Waals surface area contributed by atoms with E-state index >= 15 is 0 Å². The zero-order valence-corrected chi connectivity index (χ0v) is 13.7. The van der Waals surface area contributed by atoms with Crippen LogP contribution < -0.4 is 5.32 Å². The summed E-state index contributed by atoms with van der Waals surface area (Å²) in [5, 5.41) is 7.63. The highest BCUT2D eigenvalue weighted by molar-refractivity contribution is 5.93. The highest BCUT2D eigenvalue weighted by Crippen LogP contribution is 2.17. The fourth-order valence-corrected chi connectivity index (χ4v) is 2.44. The molecule has 1 unspecified atom stereocenters. The SMILES string of the molecule is CC(NC1=NCN(C(C)C)C=C1)c1cccc(-n2cncn2)c1. The summed E-state index contributed by atoms with van der Waals surface area (Å²) in [5.41, 5.74) is 2.18. The van der Waals surface area contributed by atoms with Gasteiger partial charge in [0.1, 0.15) is 25.2 Å². The summed E-state index contributed by atoms with van der Waals surface area (Å²) in [6.45, 7) is 7.15. The predicted octanol–water partition coefficient (Wildman–Crippen LogP) is 2.51. The Hall–Kier alpha value is -2.63. The Kier molecular flexibility index (Phi) is 4.41. The van der Waals surface area contributed by atoms with Gasteiger partial charge in [-0.3, -0.25) is 0 Å². The van der Waals surface area contributed by atoms with Gasteiger partial charge in [0, 0.05) is 12.2 Å². The van der Waals surface area contributed by atoms with E-state index in [2.05, 4.69) is 64.4 Å². The molecular formula is C17H22N6. The maximum atomic E-state index is 4.59. The van der Waals surface area contributed by atoms with Crippen LogP contribution in [0, 0.1) is 0 Å². The third kappa shape index (κ3) is 3.59. The number of benzene rings is 1. The van der Waals surface area contributed by atoms with E-state index in [4.69, 9.17) is 0 Å². The van der Waals surface area contributed by atoms with Gasteiger partial charge in [0.05, 0.1) is 11.7 Å². The Morgan fingerprint density at radius 2 is 2.09 bits per heavy atom. The van der Waals surface area contributed by atoms with Crippen molar-refractivity contribution in [2.24, 2.45) is 4.99 Å². The first-order valence-corrected chi connectivity index (χ1v) is 7.83. The van der Waals surface area contributed by atoms with Crippen molar-refractivity contribution < 1.29 is 0 Å². The van der Waals surface area contributed by atoms with E-state index < -0.39 is 0 Å². The number of aromatic nitrogens is 3. The number of nitrogens with zero attached hydrogens (tertiary/aromatic N) is 5. The Morgan fingerprint density at radius 1 is 1.22 bits per heavy atom. The molecule has 1 atom stereocenters. The van der Waals surface area contributed by atoms with Crippen LogP contribution in [0.3, 0.4) is 0 Å². The van der Waals surface area contributed by atoms with E-state index in [1.165, 1.54) is 11.9 Å². The molecule has 0 radical (unpaired) electrons. The topological polar surface area (TPSA) is 58.3 Å². The highest BCUT2D eigenvalue weighted by Gasteiger charge is 2.12. The monoisotopic (exact) mass is 310 g/mol. The molecule has 1 aromatic carbocycles. The molecule has 0 aliphatic carbocycles. The number of rotatable bonds is 4. The molecule has 1 aromatic heterocycles. The van der Waals surface area contributed by atoms with Gasteiger partial charge in [-0.05, 0) is 44.5 Å². The molecule has 2 aromatic rings. The molecule has 120 valence electrons. The normalized spacial score (nSPS) is 15.7. The summed E-state index contributed by atoms with van der Waals surface area (Å²) in [7, 11) is 0. The molecule has 0 saturated heterocycles. The number of amidine groups is 1. The van der Waals surface area contributed by atoms with Crippen LogP contribution in [0.5, 0.6) is 0 Å². The van der Waals surface area contributed by atoms with Crippen molar-refractivity contribution in [1.29, 1.82) is 0 Å². The fraction of sp³-hybridized carbons (Fsp3) is 0.353. The van der Waals surface area contributed by atoms with Crippen LogP contribution >= 0.6 is 0 Å². The largest absolute Gasteiger partial charge is 0.364 e. The lowest BCUT2D eigenvalue weighted by Crippen LogP contribution is -2.33. The number of hydrogen-bond donors (Lipinski definition) is 1. The van der Waals surface area contributed by atoms with E-state index in [1.54, 1.807) is 11.0 Å². The molecule has 1 N–H and O–H groups in total. The van der Waals surface area contributed by atoms with Crippen molar-refractivity contribution in [2.45, 2.75) is 32.9 Å². The van der Waals surface area contributed by atoms with Gasteiger partial charge in [0.2, 0.25) is 0 Å². The minimum absolute atomic E-state index is 0.160. The first kappa shape index (κ1) is 15.3. The summed E-state index contributed by atoms with van der Waals surface area (Å²) in [6, 6.07) is 8.89. The molecule has 1 aliphatic heterocycles. The third-order valence-electron chi connectivity index (χ3n) is 3.91. The Bertz CT molecular complexity index is 702. The van der Waals surface area contributed by atoms with Gasteiger partial charge in [0.15, 0.2) is 0 Å². The molecule has 6 heteroatoms. The third-order valence-corrected chi connectivity index (χ3v) is 3.91. The van der Waals surface area contributed by atoms with E-state index in [0.29, 0.717) is 12.7 Å². The van der Waals surface area contributed by atoms with Crippen molar-refractivity contribution in [3.05, 3.63) is 54.8 Å². The van der Waals surface area contributed by atoms with Gasteiger partial charge in [-0.15, -0.1) is 0 Å². The van der Waals surface area contributed by atoms with Gasteiger partial charge in [-0.25, -0.2) is 14.7 Å². The summed E-state index contributed by atoms with van der Waals surface area (Å²) < 4.78 is 1.76. The van der Waals surface area contributed by atoms with Crippen LogP contribution in [0.1, 0.15) is 32.4 Å². The molecule has 3 rings (SSSR count). The van der Waals surface area contributed by atoms with Crippen molar-refractivity contribution in [1.82, 2.24) is 25.0 Å². The second-order valence-corrected chi connectivity index (χ2v) is 5.91. The van der Waals surface area contributed by atoms with Crippen LogP contribution in [0.4, 0.5) is 0 Å². The van der Waals surface area contributed by atoms with Crippen LogP contribution in [0.2, 0.25) is 0 Å². The van der Waals surface area contributed by atoms with E-state index in [0.717, 1.165) is 11.5 Å². The van der Waals surface area contributed by atoms with Crippen molar-refractivity contribution >= 4 is 5.84 Å². The Labute approximate surface area is 136 Å². The van der Waals surface area contributed by atoms with Gasteiger partial charge in [-0.2, -0.15) is 5.10 Å². The molecule has 0 bridgehead atoms. The van der Waals surface area contributed by atoms with Crippen LogP contribution in [0.15, 0.2) is 54.2 Å². The molecule has 2 heterocycles. The predicted molar refractivity (Wildman–Crippen MR) is 91.3 cm³/mol. The number of aliphatic imine (C=N–C) groups is 1. The van der Waals surface area contributed by atoms with Gasteiger partial charge in [0.25, 0.3) is 0 Å². The van der Waals surface area contributed by atoms with Gasteiger partial charge >= 0.3 is 0 Å². The highest BCUT2D eigenvalue weighted by atomic mass is 15.3. The second kappa shape index (κ2) is 6.64. The summed E-state index contributed by atoms with van der Waals surface area (Å²) in [5.74, 6) is 0.917. The molecule has 23 heavy (non-hydrogen) atoms. The minimum atomic E-state index is 0.160. The van der Waals surface area contributed by atoms with Crippen LogP contribution in [-0.2, 0) is 0 Å². The Balaban J connectivity index is 1.69. The molecule has 1 aliphatic rings. The van der Waals surface area contributed by atoms with Gasteiger partial charge < -0.3 is 10.2 Å². The summed E-state index contributed by atoms with van der Waals surface area (Å²) >= 11 is 0. The van der Waals surface area contributed by atoms with E-state index in [9.17, 15) is 0 Å². The Morgan fingerprint density at radius 3 is 2.74 bits per heavy atom. The van der Waals surface area contributed by atoms with Crippen molar-refractivity contribution in [2.75, 3.05) is 6.67 Å². The smallest absolute Gasteiger partial charge is 0.138 e. The average molecular weight is 310 g/mol. The average Bonchev–Trinajstić information content (AvgIpc) is 3.10. The molecule has 0 fully saturated rings. The zero-order valence-electron chi connectivity index (χ0n) is 13.7. The van der Waals surface area contributed by atoms with Crippen molar-refractivity contribution in [3.8, 4) is 5.69 Å². The maximum Gasteiger partial charge on any atom is 0.138 e. The lowest BCUT2D eigenvalue weighted by atomic mass is 10.1. The lowest BCUT2D eigenvalue weighted by Gasteiger charge is -2.27. The second-order valence-electron chi connectivity index (χ2n) is 5.91. The number of nitrogens with one attached hydrogen (secondary N) is 1. The van der Waals surface area contributed by atoms with Crippen molar-refractivity contribution in [3.63, 3.8) is 0 Å². The zero-order chi connectivity index (χ0) is 16.2. The molecule has 0 spiro atoms. The minimum Gasteiger partial charge on any atom is -0.364 e. The summed E-state index contributed by atoms with van der Waals surface area (Å²) in [6.07, 6.45) is 7.36.